The third-order valence-corrected chi connectivity index (χ3v) is 3.75. The van der Waals surface area contributed by atoms with Crippen molar-refractivity contribution in [1.82, 2.24) is 15.2 Å². The molecule has 0 saturated carbocycles. The number of nitrogens with zero attached hydrogens (tertiary/aromatic N) is 2. The van der Waals surface area contributed by atoms with Gasteiger partial charge in [0, 0.05) is 10.4 Å². The van der Waals surface area contributed by atoms with E-state index in [1.807, 2.05) is 39.0 Å². The molecule has 6 heteroatoms. The Morgan fingerprint density at radius 2 is 2.16 bits per heavy atom. The van der Waals surface area contributed by atoms with Crippen molar-refractivity contribution in [1.29, 1.82) is 0 Å². The van der Waals surface area contributed by atoms with E-state index in [1.54, 1.807) is 0 Å². The molecule has 0 radical (unpaired) electrons. The van der Waals surface area contributed by atoms with E-state index in [0.717, 1.165) is 10.0 Å². The lowest BCUT2D eigenvalue weighted by Crippen LogP contribution is -2.14. The van der Waals surface area contributed by atoms with Crippen molar-refractivity contribution in [2.75, 3.05) is 5.32 Å². The number of halogens is 1. The fraction of sp³-hybridized carbons (Fsp3) is 0.308. The van der Waals surface area contributed by atoms with Crippen molar-refractivity contribution < 1.29 is 4.79 Å². The van der Waals surface area contributed by atoms with Crippen LogP contribution in [0.2, 0.25) is 0 Å². The highest BCUT2D eigenvalue weighted by molar-refractivity contribution is 9.10. The van der Waals surface area contributed by atoms with Gasteiger partial charge in [-0.1, -0.05) is 26.0 Å². The normalized spacial score (nSPS) is 10.8. The summed E-state index contributed by atoms with van der Waals surface area (Å²) in [5.41, 5.74) is 1.76. The Morgan fingerprint density at radius 3 is 2.79 bits per heavy atom. The maximum absolute atomic E-state index is 12.0. The van der Waals surface area contributed by atoms with Gasteiger partial charge < -0.3 is 5.32 Å². The zero-order valence-corrected chi connectivity index (χ0v) is 12.6. The van der Waals surface area contributed by atoms with Gasteiger partial charge in [-0.2, -0.15) is 0 Å². The molecule has 1 heterocycles. The summed E-state index contributed by atoms with van der Waals surface area (Å²) in [6.07, 6.45) is 0. The summed E-state index contributed by atoms with van der Waals surface area (Å²) in [6.45, 7) is 5.93. The van der Waals surface area contributed by atoms with Gasteiger partial charge in [0.15, 0.2) is 0 Å². The van der Waals surface area contributed by atoms with Gasteiger partial charge in [0.05, 0.1) is 5.69 Å². The quantitative estimate of drug-likeness (QED) is 0.911. The molecule has 0 fully saturated rings. The number of aromatic amines is 1. The summed E-state index contributed by atoms with van der Waals surface area (Å²) < 4.78 is 0.864. The van der Waals surface area contributed by atoms with E-state index in [1.165, 1.54) is 0 Å². The number of hydrogen-bond donors (Lipinski definition) is 2. The first-order valence-electron chi connectivity index (χ1n) is 5.97. The van der Waals surface area contributed by atoms with Crippen molar-refractivity contribution in [3.8, 4) is 0 Å². The van der Waals surface area contributed by atoms with Crippen molar-refractivity contribution in [2.24, 2.45) is 0 Å². The first-order chi connectivity index (χ1) is 8.99. The third-order valence-electron chi connectivity index (χ3n) is 2.69. The van der Waals surface area contributed by atoms with Crippen LogP contribution in [0.1, 0.15) is 41.8 Å². The minimum absolute atomic E-state index is 0.150. The van der Waals surface area contributed by atoms with E-state index < -0.39 is 0 Å². The van der Waals surface area contributed by atoms with E-state index in [2.05, 4.69) is 36.4 Å². The summed E-state index contributed by atoms with van der Waals surface area (Å²) in [7, 11) is 0. The zero-order chi connectivity index (χ0) is 14.0. The molecular weight excluding hydrogens is 308 g/mol. The van der Waals surface area contributed by atoms with Crippen LogP contribution in [0, 0.1) is 6.92 Å². The van der Waals surface area contributed by atoms with Gasteiger partial charge in [0.1, 0.15) is 5.82 Å². The molecule has 2 N–H and O–H groups in total. The van der Waals surface area contributed by atoms with Crippen LogP contribution in [0.15, 0.2) is 22.7 Å². The first kappa shape index (κ1) is 13.7. The SMILES string of the molecule is Cc1cccc(NC(=O)c2n[nH]c(C(C)C)n2)c1Br. The molecule has 0 unspecified atom stereocenters. The largest absolute Gasteiger partial charge is 0.318 e. The van der Waals surface area contributed by atoms with E-state index in [-0.39, 0.29) is 17.6 Å². The first-order valence-corrected chi connectivity index (χ1v) is 6.77. The molecule has 0 saturated heterocycles. The van der Waals surface area contributed by atoms with Gasteiger partial charge in [-0.15, -0.1) is 5.10 Å². The fourth-order valence-corrected chi connectivity index (χ4v) is 1.92. The van der Waals surface area contributed by atoms with Crippen LogP contribution in [-0.2, 0) is 0 Å². The van der Waals surface area contributed by atoms with Crippen molar-refractivity contribution in [3.63, 3.8) is 0 Å². The number of aromatic nitrogens is 3. The highest BCUT2D eigenvalue weighted by Crippen LogP contribution is 2.25. The Morgan fingerprint density at radius 1 is 1.42 bits per heavy atom. The number of anilines is 1. The molecule has 2 aromatic rings. The molecule has 2 rings (SSSR count). The standard InChI is InChI=1S/C13H15BrN4O/c1-7(2)11-16-12(18-17-11)13(19)15-9-6-4-5-8(3)10(9)14/h4-7H,1-3H3,(H,15,19)(H,16,17,18). The monoisotopic (exact) mass is 322 g/mol. The Balaban J connectivity index is 2.18. The lowest BCUT2D eigenvalue weighted by atomic mass is 10.2. The second-order valence-corrected chi connectivity index (χ2v) is 5.38. The maximum Gasteiger partial charge on any atom is 0.295 e. The molecule has 100 valence electrons. The van der Waals surface area contributed by atoms with Crippen LogP contribution < -0.4 is 5.32 Å². The predicted molar refractivity (Wildman–Crippen MR) is 77.3 cm³/mol. The Bertz CT molecular complexity index is 606. The van der Waals surface area contributed by atoms with Gasteiger partial charge >= 0.3 is 0 Å². The van der Waals surface area contributed by atoms with E-state index in [4.69, 9.17) is 0 Å². The number of benzene rings is 1. The molecule has 1 aromatic heterocycles. The smallest absolute Gasteiger partial charge is 0.295 e. The molecule has 0 bridgehead atoms. The number of carbonyl (C=O) groups excluding carboxylic acids is 1. The number of H-pyrrole nitrogens is 1. The lowest BCUT2D eigenvalue weighted by molar-refractivity contribution is 0.101. The molecule has 5 nitrogen and oxygen atoms in total. The van der Waals surface area contributed by atoms with Crippen LogP contribution in [0.25, 0.3) is 0 Å². The highest BCUT2D eigenvalue weighted by atomic mass is 79.9. The minimum atomic E-state index is -0.325. The summed E-state index contributed by atoms with van der Waals surface area (Å²) in [5.74, 6) is 0.736. The number of hydrogen-bond acceptors (Lipinski definition) is 3. The Hall–Kier alpha value is -1.69. The van der Waals surface area contributed by atoms with Crippen molar-refractivity contribution in [3.05, 3.63) is 39.9 Å². The minimum Gasteiger partial charge on any atom is -0.318 e. The summed E-state index contributed by atoms with van der Waals surface area (Å²) in [6, 6.07) is 5.67. The van der Waals surface area contributed by atoms with Crippen LogP contribution in [-0.4, -0.2) is 21.1 Å². The average molecular weight is 323 g/mol. The second-order valence-electron chi connectivity index (χ2n) is 4.59. The van der Waals surface area contributed by atoms with E-state index >= 15 is 0 Å². The summed E-state index contributed by atoms with van der Waals surface area (Å²) in [4.78, 5) is 16.2. The van der Waals surface area contributed by atoms with E-state index in [0.29, 0.717) is 11.5 Å². The Kier molecular flexibility index (Phi) is 3.99. The second kappa shape index (κ2) is 5.52. The van der Waals surface area contributed by atoms with Crippen molar-refractivity contribution in [2.45, 2.75) is 26.7 Å². The summed E-state index contributed by atoms with van der Waals surface area (Å²) >= 11 is 3.45. The fourth-order valence-electron chi connectivity index (χ4n) is 1.56. The topological polar surface area (TPSA) is 70.7 Å². The number of amides is 1. The lowest BCUT2D eigenvalue weighted by Gasteiger charge is -2.07. The van der Waals surface area contributed by atoms with Crippen molar-refractivity contribution >= 4 is 27.5 Å². The molecular formula is C13H15BrN4O. The summed E-state index contributed by atoms with van der Waals surface area (Å²) in [5, 5.41) is 9.48. The Labute approximate surface area is 120 Å². The zero-order valence-electron chi connectivity index (χ0n) is 11.0. The molecule has 0 spiro atoms. The van der Waals surface area contributed by atoms with Gasteiger partial charge in [0.2, 0.25) is 5.82 Å². The van der Waals surface area contributed by atoms with Crippen LogP contribution in [0.4, 0.5) is 5.69 Å². The van der Waals surface area contributed by atoms with Gasteiger partial charge in [0.25, 0.3) is 5.91 Å². The maximum atomic E-state index is 12.0. The third kappa shape index (κ3) is 3.01. The van der Waals surface area contributed by atoms with Gasteiger partial charge in [-0.25, -0.2) is 4.98 Å². The highest BCUT2D eigenvalue weighted by Gasteiger charge is 2.15. The predicted octanol–water partition coefficient (Wildman–Crippen LogP) is 3.25. The molecule has 19 heavy (non-hydrogen) atoms. The molecule has 0 aliphatic carbocycles. The van der Waals surface area contributed by atoms with Crippen LogP contribution in [0.3, 0.4) is 0 Å². The number of aryl methyl sites for hydroxylation is 1. The molecule has 1 aromatic carbocycles. The molecule has 0 atom stereocenters. The van der Waals surface area contributed by atoms with Crippen LogP contribution in [0.5, 0.6) is 0 Å². The number of rotatable bonds is 3. The average Bonchev–Trinajstić information content (AvgIpc) is 2.84. The van der Waals surface area contributed by atoms with Gasteiger partial charge in [-0.05, 0) is 34.5 Å². The molecule has 1 amide bonds. The molecule has 0 aliphatic rings. The van der Waals surface area contributed by atoms with Crippen LogP contribution >= 0.6 is 15.9 Å². The molecule has 0 aliphatic heterocycles. The van der Waals surface area contributed by atoms with Gasteiger partial charge in [-0.3, -0.25) is 9.89 Å². The number of nitrogens with one attached hydrogen (secondary N) is 2. The van der Waals surface area contributed by atoms with E-state index in [9.17, 15) is 4.79 Å². The number of carbonyl (C=O) groups is 1.